The SMILES string of the molecule is COc1cc(Br)ncc1S(=O)(=O)Cl. The zero-order valence-electron chi connectivity index (χ0n) is 6.49. The molecule has 0 saturated carbocycles. The van der Waals surface area contributed by atoms with Crippen molar-refractivity contribution in [1.29, 1.82) is 0 Å². The van der Waals surface area contributed by atoms with E-state index >= 15 is 0 Å². The first kappa shape index (κ1) is 10.7. The topological polar surface area (TPSA) is 56.3 Å². The first-order chi connectivity index (χ1) is 5.95. The van der Waals surface area contributed by atoms with Crippen molar-refractivity contribution in [3.05, 3.63) is 16.9 Å². The normalized spacial score (nSPS) is 11.3. The van der Waals surface area contributed by atoms with Crippen molar-refractivity contribution in [2.45, 2.75) is 4.90 Å². The number of methoxy groups -OCH3 is 1. The summed E-state index contributed by atoms with van der Waals surface area (Å²) in [5.41, 5.74) is 0. The Balaban J connectivity index is 3.39. The number of pyridine rings is 1. The van der Waals surface area contributed by atoms with E-state index in [4.69, 9.17) is 15.4 Å². The van der Waals surface area contributed by atoms with Crippen molar-refractivity contribution in [1.82, 2.24) is 4.98 Å². The smallest absolute Gasteiger partial charge is 0.266 e. The summed E-state index contributed by atoms with van der Waals surface area (Å²) in [5.74, 6) is 0.164. The van der Waals surface area contributed by atoms with Gasteiger partial charge < -0.3 is 4.74 Å². The van der Waals surface area contributed by atoms with E-state index in [9.17, 15) is 8.42 Å². The van der Waals surface area contributed by atoms with E-state index in [0.717, 1.165) is 6.20 Å². The largest absolute Gasteiger partial charge is 0.495 e. The fourth-order valence-corrected chi connectivity index (χ4v) is 1.96. The fraction of sp³-hybridized carbons (Fsp3) is 0.167. The second kappa shape index (κ2) is 3.81. The number of nitrogens with zero attached hydrogens (tertiary/aromatic N) is 1. The maximum Gasteiger partial charge on any atom is 0.266 e. The van der Waals surface area contributed by atoms with Gasteiger partial charge in [-0.1, -0.05) is 0 Å². The van der Waals surface area contributed by atoms with Crippen LogP contribution in [0.2, 0.25) is 0 Å². The Morgan fingerprint density at radius 1 is 1.62 bits per heavy atom. The van der Waals surface area contributed by atoms with E-state index in [0.29, 0.717) is 4.60 Å². The van der Waals surface area contributed by atoms with E-state index in [2.05, 4.69) is 20.9 Å². The Labute approximate surface area is 88.4 Å². The summed E-state index contributed by atoms with van der Waals surface area (Å²) in [4.78, 5) is 3.59. The average molecular weight is 287 g/mol. The van der Waals surface area contributed by atoms with E-state index in [1.807, 2.05) is 0 Å². The summed E-state index contributed by atoms with van der Waals surface area (Å²) in [6, 6.07) is 1.43. The van der Waals surface area contributed by atoms with Gasteiger partial charge in [0.2, 0.25) is 0 Å². The Morgan fingerprint density at radius 2 is 2.23 bits per heavy atom. The van der Waals surface area contributed by atoms with Gasteiger partial charge in [-0.15, -0.1) is 0 Å². The summed E-state index contributed by atoms with van der Waals surface area (Å²) < 4.78 is 27.2. The van der Waals surface area contributed by atoms with E-state index in [1.165, 1.54) is 13.2 Å². The number of hydrogen-bond acceptors (Lipinski definition) is 4. The Hall–Kier alpha value is -0.330. The van der Waals surface area contributed by atoms with Crippen LogP contribution >= 0.6 is 26.6 Å². The molecular formula is C6H5BrClNO3S. The quantitative estimate of drug-likeness (QED) is 0.614. The number of hydrogen-bond donors (Lipinski definition) is 0. The van der Waals surface area contributed by atoms with Gasteiger partial charge in [0.05, 0.1) is 13.3 Å². The van der Waals surface area contributed by atoms with Crippen molar-refractivity contribution < 1.29 is 13.2 Å². The van der Waals surface area contributed by atoms with Gasteiger partial charge in [0.15, 0.2) is 0 Å². The maximum atomic E-state index is 11.0. The highest BCUT2D eigenvalue weighted by molar-refractivity contribution is 9.10. The van der Waals surface area contributed by atoms with Crippen molar-refractivity contribution in [2.24, 2.45) is 0 Å². The fourth-order valence-electron chi connectivity index (χ4n) is 0.743. The molecule has 1 heterocycles. The number of halogens is 2. The van der Waals surface area contributed by atoms with E-state index < -0.39 is 9.05 Å². The highest BCUT2D eigenvalue weighted by atomic mass is 79.9. The molecule has 0 radical (unpaired) electrons. The molecule has 1 aromatic heterocycles. The van der Waals surface area contributed by atoms with Gasteiger partial charge in [0.25, 0.3) is 9.05 Å². The van der Waals surface area contributed by atoms with Crippen LogP contribution in [0, 0.1) is 0 Å². The molecule has 0 atom stereocenters. The maximum absolute atomic E-state index is 11.0. The standard InChI is InChI=1S/C6H5BrClNO3S/c1-12-4-2-6(7)9-3-5(4)13(8,10)11/h2-3H,1H3. The van der Waals surface area contributed by atoms with Gasteiger partial charge in [-0.25, -0.2) is 13.4 Å². The van der Waals surface area contributed by atoms with Gasteiger partial charge in [0, 0.05) is 16.7 Å². The van der Waals surface area contributed by atoms with Gasteiger partial charge in [0.1, 0.15) is 15.2 Å². The molecule has 72 valence electrons. The predicted octanol–water partition coefficient (Wildman–Crippen LogP) is 1.78. The minimum absolute atomic E-state index is 0.139. The molecule has 1 aromatic rings. The van der Waals surface area contributed by atoms with Crippen LogP contribution in [0.4, 0.5) is 0 Å². The molecule has 0 bridgehead atoms. The molecule has 0 aromatic carbocycles. The number of aromatic nitrogens is 1. The summed E-state index contributed by atoms with van der Waals surface area (Å²) in [5, 5.41) is 0. The monoisotopic (exact) mass is 285 g/mol. The molecule has 0 fully saturated rings. The Morgan fingerprint density at radius 3 is 2.69 bits per heavy atom. The van der Waals surface area contributed by atoms with Crippen LogP contribution in [0.1, 0.15) is 0 Å². The lowest BCUT2D eigenvalue weighted by Gasteiger charge is -2.04. The highest BCUT2D eigenvalue weighted by Gasteiger charge is 2.17. The molecule has 0 spiro atoms. The van der Waals surface area contributed by atoms with Crippen molar-refractivity contribution in [2.75, 3.05) is 7.11 Å². The van der Waals surface area contributed by atoms with Gasteiger partial charge in [-0.2, -0.15) is 0 Å². The zero-order valence-corrected chi connectivity index (χ0v) is 9.65. The minimum atomic E-state index is -3.80. The third-order valence-electron chi connectivity index (χ3n) is 1.28. The van der Waals surface area contributed by atoms with E-state index in [-0.39, 0.29) is 10.6 Å². The summed E-state index contributed by atoms with van der Waals surface area (Å²) >= 11 is 3.07. The second-order valence-electron chi connectivity index (χ2n) is 2.10. The molecule has 13 heavy (non-hydrogen) atoms. The molecule has 0 unspecified atom stereocenters. The van der Waals surface area contributed by atoms with Crippen LogP contribution in [0.5, 0.6) is 5.75 Å². The summed E-state index contributed by atoms with van der Waals surface area (Å²) in [7, 11) is 2.69. The molecule has 1 rings (SSSR count). The third kappa shape index (κ3) is 2.55. The second-order valence-corrected chi connectivity index (χ2v) is 5.44. The summed E-state index contributed by atoms with van der Waals surface area (Å²) in [6.45, 7) is 0. The van der Waals surface area contributed by atoms with Crippen LogP contribution in [0.25, 0.3) is 0 Å². The Kier molecular flexibility index (Phi) is 3.15. The van der Waals surface area contributed by atoms with Crippen molar-refractivity contribution >= 4 is 35.7 Å². The van der Waals surface area contributed by atoms with Crippen LogP contribution in [0.3, 0.4) is 0 Å². The Bertz CT molecular complexity index is 420. The van der Waals surface area contributed by atoms with Gasteiger partial charge in [-0.3, -0.25) is 0 Å². The number of rotatable bonds is 2. The number of ether oxygens (including phenoxy) is 1. The molecule has 0 N–H and O–H groups in total. The van der Waals surface area contributed by atoms with Crippen LogP contribution in [0.15, 0.2) is 21.8 Å². The van der Waals surface area contributed by atoms with Crippen LogP contribution < -0.4 is 4.74 Å². The molecule has 7 heteroatoms. The molecule has 0 aliphatic heterocycles. The molecular weight excluding hydrogens is 281 g/mol. The molecule has 0 aliphatic rings. The third-order valence-corrected chi connectivity index (χ3v) is 3.05. The lowest BCUT2D eigenvalue weighted by molar-refractivity contribution is 0.402. The summed E-state index contributed by atoms with van der Waals surface area (Å²) in [6.07, 6.45) is 1.13. The minimum Gasteiger partial charge on any atom is -0.495 e. The molecule has 0 saturated heterocycles. The van der Waals surface area contributed by atoms with Crippen LogP contribution in [-0.4, -0.2) is 20.5 Å². The van der Waals surface area contributed by atoms with Crippen LogP contribution in [-0.2, 0) is 9.05 Å². The zero-order chi connectivity index (χ0) is 10.1. The van der Waals surface area contributed by atoms with Gasteiger partial charge in [-0.05, 0) is 15.9 Å². The van der Waals surface area contributed by atoms with Crippen molar-refractivity contribution in [3.8, 4) is 5.75 Å². The van der Waals surface area contributed by atoms with Crippen molar-refractivity contribution in [3.63, 3.8) is 0 Å². The molecule has 4 nitrogen and oxygen atoms in total. The highest BCUT2D eigenvalue weighted by Crippen LogP contribution is 2.27. The molecule has 0 amide bonds. The lowest BCUT2D eigenvalue weighted by atomic mass is 10.4. The van der Waals surface area contributed by atoms with E-state index in [1.54, 1.807) is 0 Å². The predicted molar refractivity (Wildman–Crippen MR) is 51.5 cm³/mol. The average Bonchev–Trinajstić information content (AvgIpc) is 2.01. The van der Waals surface area contributed by atoms with Gasteiger partial charge >= 0.3 is 0 Å². The first-order valence-corrected chi connectivity index (χ1v) is 6.19. The first-order valence-electron chi connectivity index (χ1n) is 3.09. The molecule has 0 aliphatic carbocycles. The lowest BCUT2D eigenvalue weighted by Crippen LogP contribution is -1.97.